The number of benzene rings is 3. The molecule has 0 aromatic heterocycles. The molecule has 3 aromatic rings. The van der Waals surface area contributed by atoms with Gasteiger partial charge in [0.2, 0.25) is 11.8 Å². The number of thioether (sulfide) groups is 1. The first kappa shape index (κ1) is 28.1. The van der Waals surface area contributed by atoms with Crippen LogP contribution in [0.2, 0.25) is 5.02 Å². The van der Waals surface area contributed by atoms with Gasteiger partial charge in [-0.3, -0.25) is 9.59 Å². The summed E-state index contributed by atoms with van der Waals surface area (Å²) in [4.78, 5) is 28.9. The Morgan fingerprint density at radius 3 is 2.34 bits per heavy atom. The van der Waals surface area contributed by atoms with Gasteiger partial charge in [-0.25, -0.2) is 8.78 Å². The van der Waals surface area contributed by atoms with Crippen molar-refractivity contribution in [1.82, 2.24) is 10.2 Å². The summed E-state index contributed by atoms with van der Waals surface area (Å²) in [6.45, 7) is 0.149. The van der Waals surface area contributed by atoms with Crippen LogP contribution in [0.1, 0.15) is 42.4 Å². The van der Waals surface area contributed by atoms with E-state index in [4.69, 9.17) is 11.6 Å². The van der Waals surface area contributed by atoms with Crippen molar-refractivity contribution in [1.29, 1.82) is 0 Å². The lowest BCUT2D eigenvalue weighted by Gasteiger charge is -2.32. The number of hydrogen-bond donors (Lipinski definition) is 1. The first-order chi connectivity index (χ1) is 18.4. The van der Waals surface area contributed by atoms with Gasteiger partial charge in [-0.05, 0) is 48.2 Å². The molecule has 1 N–H and O–H groups in total. The van der Waals surface area contributed by atoms with E-state index < -0.39 is 11.9 Å². The van der Waals surface area contributed by atoms with E-state index in [1.54, 1.807) is 29.2 Å². The largest absolute Gasteiger partial charge is 0.352 e. The van der Waals surface area contributed by atoms with E-state index >= 15 is 0 Å². The Labute approximate surface area is 231 Å². The standard InChI is InChI=1S/C30H31ClF2N2O2S/c31-26-11-6-12-27(33)25(26)19-38-20-29(36)35(18-22-13-15-23(32)16-14-22)28(17-21-7-2-1-3-8-21)30(37)34-24-9-4-5-10-24/h1-3,6-8,11-16,24,28H,4-5,9-10,17-20H2,(H,34,37)/t28-/m1/s1. The Morgan fingerprint density at radius 2 is 1.66 bits per heavy atom. The fourth-order valence-corrected chi connectivity index (χ4v) is 5.95. The highest BCUT2D eigenvalue weighted by Crippen LogP contribution is 2.25. The van der Waals surface area contributed by atoms with Crippen LogP contribution in [0.5, 0.6) is 0 Å². The van der Waals surface area contributed by atoms with Crippen LogP contribution in [0.25, 0.3) is 0 Å². The zero-order valence-corrected chi connectivity index (χ0v) is 22.6. The molecule has 0 spiro atoms. The minimum absolute atomic E-state index is 0.0356. The SMILES string of the molecule is O=C(NC1CCCC1)[C@@H](Cc1ccccc1)N(Cc1ccc(F)cc1)C(=O)CSCc1c(F)cccc1Cl. The van der Waals surface area contributed by atoms with Gasteiger partial charge in [-0.1, -0.05) is 73.0 Å². The van der Waals surface area contributed by atoms with E-state index in [0.717, 1.165) is 31.2 Å². The van der Waals surface area contributed by atoms with Gasteiger partial charge in [0, 0.05) is 35.3 Å². The summed E-state index contributed by atoms with van der Waals surface area (Å²) >= 11 is 7.40. The predicted octanol–water partition coefficient (Wildman–Crippen LogP) is 6.55. The maximum atomic E-state index is 14.2. The number of hydrogen-bond acceptors (Lipinski definition) is 3. The average molecular weight is 557 g/mol. The van der Waals surface area contributed by atoms with Crippen molar-refractivity contribution in [3.8, 4) is 0 Å². The number of halogens is 3. The first-order valence-corrected chi connectivity index (χ1v) is 14.3. The molecule has 1 aliphatic carbocycles. The van der Waals surface area contributed by atoms with Gasteiger partial charge in [0.15, 0.2) is 0 Å². The molecule has 4 nitrogen and oxygen atoms in total. The summed E-state index contributed by atoms with van der Waals surface area (Å²) in [7, 11) is 0. The van der Waals surface area contributed by atoms with Gasteiger partial charge in [0.1, 0.15) is 17.7 Å². The maximum Gasteiger partial charge on any atom is 0.243 e. The summed E-state index contributed by atoms with van der Waals surface area (Å²) < 4.78 is 27.8. The van der Waals surface area contributed by atoms with Crippen molar-refractivity contribution in [2.24, 2.45) is 0 Å². The van der Waals surface area contributed by atoms with Crippen molar-refractivity contribution >= 4 is 35.2 Å². The second-order valence-corrected chi connectivity index (χ2v) is 10.9. The highest BCUT2D eigenvalue weighted by molar-refractivity contribution is 7.99. The molecule has 8 heteroatoms. The molecule has 2 amide bonds. The number of rotatable bonds is 11. The Bertz CT molecular complexity index is 1200. The van der Waals surface area contributed by atoms with Crippen LogP contribution >= 0.6 is 23.4 Å². The zero-order chi connectivity index (χ0) is 26.9. The van der Waals surface area contributed by atoms with Crippen molar-refractivity contribution < 1.29 is 18.4 Å². The minimum atomic E-state index is -0.756. The highest BCUT2D eigenvalue weighted by atomic mass is 35.5. The molecular formula is C30H31ClF2N2O2S. The quantitative estimate of drug-likeness (QED) is 0.291. The topological polar surface area (TPSA) is 49.4 Å². The minimum Gasteiger partial charge on any atom is -0.352 e. The summed E-state index contributed by atoms with van der Waals surface area (Å²) in [5.41, 5.74) is 1.99. The van der Waals surface area contributed by atoms with E-state index in [-0.39, 0.29) is 41.7 Å². The summed E-state index contributed by atoms with van der Waals surface area (Å²) in [5.74, 6) is -0.984. The monoisotopic (exact) mass is 556 g/mol. The van der Waals surface area contributed by atoms with E-state index in [1.165, 1.54) is 30.0 Å². The fraction of sp³-hybridized carbons (Fsp3) is 0.333. The van der Waals surface area contributed by atoms with Crippen molar-refractivity contribution in [3.05, 3.63) is 106 Å². The van der Waals surface area contributed by atoms with E-state index in [9.17, 15) is 18.4 Å². The molecule has 0 aliphatic heterocycles. The molecule has 1 atom stereocenters. The van der Waals surface area contributed by atoms with Crippen LogP contribution in [0.15, 0.2) is 72.8 Å². The van der Waals surface area contributed by atoms with E-state index in [0.29, 0.717) is 22.6 Å². The van der Waals surface area contributed by atoms with Crippen LogP contribution in [-0.4, -0.2) is 34.6 Å². The molecular weight excluding hydrogens is 526 g/mol. The fourth-order valence-electron chi connectivity index (χ4n) is 4.70. The molecule has 0 unspecified atom stereocenters. The normalized spacial score (nSPS) is 14.3. The lowest BCUT2D eigenvalue weighted by atomic mass is 10.0. The Kier molecular flexibility index (Phi) is 10.2. The molecule has 4 rings (SSSR count). The third-order valence-corrected chi connectivity index (χ3v) is 8.07. The van der Waals surface area contributed by atoms with Crippen LogP contribution in [0.3, 0.4) is 0 Å². The second-order valence-electron chi connectivity index (χ2n) is 9.54. The molecule has 0 heterocycles. The second kappa shape index (κ2) is 13.8. The van der Waals surface area contributed by atoms with Gasteiger partial charge >= 0.3 is 0 Å². The maximum absolute atomic E-state index is 14.2. The van der Waals surface area contributed by atoms with Gasteiger partial charge in [-0.15, -0.1) is 11.8 Å². The molecule has 0 radical (unpaired) electrons. The van der Waals surface area contributed by atoms with Crippen molar-refractivity contribution in [2.75, 3.05) is 5.75 Å². The molecule has 1 saturated carbocycles. The smallest absolute Gasteiger partial charge is 0.243 e. The number of carbonyl (C=O) groups is 2. The summed E-state index contributed by atoms with van der Waals surface area (Å²) in [6, 6.07) is 19.4. The van der Waals surface area contributed by atoms with Gasteiger partial charge in [-0.2, -0.15) is 0 Å². The first-order valence-electron chi connectivity index (χ1n) is 12.8. The van der Waals surface area contributed by atoms with Gasteiger partial charge < -0.3 is 10.2 Å². The lowest BCUT2D eigenvalue weighted by molar-refractivity contribution is -0.139. The Morgan fingerprint density at radius 1 is 0.947 bits per heavy atom. The molecule has 0 bridgehead atoms. The lowest BCUT2D eigenvalue weighted by Crippen LogP contribution is -2.52. The number of nitrogens with zero attached hydrogens (tertiary/aromatic N) is 1. The van der Waals surface area contributed by atoms with Crippen LogP contribution in [0.4, 0.5) is 8.78 Å². The number of nitrogens with one attached hydrogen (secondary N) is 1. The molecule has 0 saturated heterocycles. The number of amides is 2. The van der Waals surface area contributed by atoms with E-state index in [1.807, 2.05) is 30.3 Å². The zero-order valence-electron chi connectivity index (χ0n) is 21.0. The van der Waals surface area contributed by atoms with Gasteiger partial charge in [0.05, 0.1) is 5.75 Å². The molecule has 1 fully saturated rings. The van der Waals surface area contributed by atoms with Crippen molar-refractivity contribution in [3.63, 3.8) is 0 Å². The molecule has 1 aliphatic rings. The average Bonchev–Trinajstić information content (AvgIpc) is 3.42. The molecule has 3 aromatic carbocycles. The molecule has 200 valence electrons. The predicted molar refractivity (Wildman–Crippen MR) is 149 cm³/mol. The van der Waals surface area contributed by atoms with E-state index in [2.05, 4.69) is 5.32 Å². The summed E-state index contributed by atoms with van der Waals surface area (Å²) in [5, 5.41) is 3.47. The number of carbonyl (C=O) groups excluding carboxylic acids is 2. The molecule has 38 heavy (non-hydrogen) atoms. The van der Waals surface area contributed by atoms with Gasteiger partial charge in [0.25, 0.3) is 0 Å². The Hall–Kier alpha value is -2.90. The van der Waals surface area contributed by atoms with Crippen LogP contribution < -0.4 is 5.32 Å². The van der Waals surface area contributed by atoms with Crippen molar-refractivity contribution in [2.45, 2.75) is 56.5 Å². The third kappa shape index (κ3) is 7.81. The van der Waals surface area contributed by atoms with Crippen LogP contribution in [0, 0.1) is 11.6 Å². The third-order valence-electron chi connectivity index (χ3n) is 6.77. The van der Waals surface area contributed by atoms with Crippen LogP contribution in [-0.2, 0) is 28.3 Å². The highest BCUT2D eigenvalue weighted by Gasteiger charge is 2.32. The Balaban J connectivity index is 1.57. The summed E-state index contributed by atoms with van der Waals surface area (Å²) in [6.07, 6.45) is 4.34.